The summed E-state index contributed by atoms with van der Waals surface area (Å²) in [5.41, 5.74) is 0.697. The van der Waals surface area contributed by atoms with Gasteiger partial charge in [0.2, 0.25) is 0 Å². The zero-order valence-electron chi connectivity index (χ0n) is 19.5. The minimum Gasteiger partial charge on any atom is -0.300 e. The molecule has 0 aromatic rings. The molecule has 0 fully saturated rings. The van der Waals surface area contributed by atoms with Crippen LogP contribution in [0.4, 0.5) is 0 Å². The first kappa shape index (κ1) is 24.8. The van der Waals surface area contributed by atoms with E-state index in [-0.39, 0.29) is 16.6 Å². The summed E-state index contributed by atoms with van der Waals surface area (Å²) >= 11 is 0. The first-order valence-corrected chi connectivity index (χ1v) is 9.91. The topological polar surface area (TPSA) is 13.0 Å². The summed E-state index contributed by atoms with van der Waals surface area (Å²) in [5, 5.41) is 0. The molecule has 152 valence electrons. The molecule has 0 unspecified atom stereocenters. The van der Waals surface area contributed by atoms with Crippen molar-refractivity contribution in [3.63, 3.8) is 0 Å². The third kappa shape index (κ3) is 10.5. The summed E-state index contributed by atoms with van der Waals surface area (Å²) in [4.78, 5) is 10.0. The molecule has 0 radical (unpaired) electrons. The van der Waals surface area contributed by atoms with E-state index >= 15 is 0 Å². The van der Waals surface area contributed by atoms with Crippen LogP contribution in [-0.4, -0.2) is 96.6 Å². The lowest BCUT2D eigenvalue weighted by Crippen LogP contribution is -2.49. The van der Waals surface area contributed by atoms with E-state index in [0.29, 0.717) is 0 Å². The normalized spacial score (nSPS) is 14.4. The largest absolute Gasteiger partial charge is 0.300 e. The Labute approximate surface area is 159 Å². The minimum atomic E-state index is 0.232. The van der Waals surface area contributed by atoms with Crippen LogP contribution in [0.15, 0.2) is 0 Å². The predicted molar refractivity (Wildman–Crippen MR) is 114 cm³/mol. The molecular formula is C21H48N4. The highest BCUT2D eigenvalue weighted by Gasteiger charge is 2.21. The lowest BCUT2D eigenvalue weighted by atomic mass is 10.1. The summed E-state index contributed by atoms with van der Waals surface area (Å²) in [5.74, 6) is 0. The van der Waals surface area contributed by atoms with E-state index in [1.165, 1.54) is 0 Å². The molecule has 0 saturated heterocycles. The van der Waals surface area contributed by atoms with Gasteiger partial charge in [0.1, 0.15) is 0 Å². The standard InChI is InChI=1S/C21H48N4/c1-19(2,3)22(10)13-16-25(17-14-23(11)20(4,5)6)18-15-24(12)21(7,8)9/h13-18H2,1-12H3. The van der Waals surface area contributed by atoms with Crippen LogP contribution in [0.3, 0.4) is 0 Å². The van der Waals surface area contributed by atoms with Crippen LogP contribution in [0.1, 0.15) is 62.3 Å². The van der Waals surface area contributed by atoms with Crippen molar-refractivity contribution >= 4 is 0 Å². The predicted octanol–water partition coefficient (Wildman–Crippen LogP) is 3.48. The maximum atomic E-state index is 2.63. The molecule has 0 amide bonds. The van der Waals surface area contributed by atoms with Gasteiger partial charge in [-0.1, -0.05) is 0 Å². The number of hydrogen-bond acceptors (Lipinski definition) is 4. The van der Waals surface area contributed by atoms with Crippen molar-refractivity contribution in [3.8, 4) is 0 Å². The van der Waals surface area contributed by atoms with Gasteiger partial charge in [-0.2, -0.15) is 0 Å². The number of nitrogens with zero attached hydrogens (tertiary/aromatic N) is 4. The first-order chi connectivity index (χ1) is 11.0. The van der Waals surface area contributed by atoms with Crippen molar-refractivity contribution in [3.05, 3.63) is 0 Å². The highest BCUT2D eigenvalue weighted by molar-refractivity contribution is 4.78. The van der Waals surface area contributed by atoms with Gasteiger partial charge in [-0.3, -0.25) is 4.90 Å². The van der Waals surface area contributed by atoms with Crippen molar-refractivity contribution in [2.75, 3.05) is 60.4 Å². The van der Waals surface area contributed by atoms with Gasteiger partial charge in [0, 0.05) is 55.9 Å². The molecule has 0 aliphatic carbocycles. The van der Waals surface area contributed by atoms with Gasteiger partial charge in [0.25, 0.3) is 0 Å². The van der Waals surface area contributed by atoms with Gasteiger partial charge in [-0.25, -0.2) is 0 Å². The molecule has 0 aliphatic rings. The third-order valence-electron chi connectivity index (χ3n) is 5.69. The second-order valence-electron chi connectivity index (χ2n) is 10.6. The third-order valence-corrected chi connectivity index (χ3v) is 5.69. The molecule has 0 aliphatic heterocycles. The molecule has 0 rings (SSSR count). The van der Waals surface area contributed by atoms with Crippen LogP contribution in [0.25, 0.3) is 0 Å². The number of hydrogen-bond donors (Lipinski definition) is 0. The summed E-state index contributed by atoms with van der Waals surface area (Å²) in [7, 11) is 6.71. The van der Waals surface area contributed by atoms with E-state index < -0.39 is 0 Å². The minimum absolute atomic E-state index is 0.232. The Bertz CT molecular complexity index is 303. The number of likely N-dealkylation sites (N-methyl/N-ethyl adjacent to an activating group) is 3. The summed E-state index contributed by atoms with van der Waals surface area (Å²) in [6.07, 6.45) is 0. The molecule has 0 saturated carbocycles. The van der Waals surface area contributed by atoms with Crippen molar-refractivity contribution < 1.29 is 0 Å². The van der Waals surface area contributed by atoms with Gasteiger partial charge in [-0.05, 0) is 83.5 Å². The smallest absolute Gasteiger partial charge is 0.0122 e. The Balaban J connectivity index is 4.70. The zero-order valence-corrected chi connectivity index (χ0v) is 19.5. The Morgan fingerprint density at radius 3 is 0.760 bits per heavy atom. The van der Waals surface area contributed by atoms with Gasteiger partial charge in [0.05, 0.1) is 0 Å². The fourth-order valence-corrected chi connectivity index (χ4v) is 2.22. The van der Waals surface area contributed by atoms with Crippen LogP contribution in [-0.2, 0) is 0 Å². The van der Waals surface area contributed by atoms with Gasteiger partial charge in [-0.15, -0.1) is 0 Å². The van der Waals surface area contributed by atoms with E-state index in [2.05, 4.69) is 103 Å². The van der Waals surface area contributed by atoms with Crippen LogP contribution in [0, 0.1) is 0 Å². The Kier molecular flexibility index (Phi) is 9.62. The SMILES string of the molecule is CN(CCN(CCN(C)C(C)(C)C)CCN(C)C(C)(C)C)C(C)(C)C. The molecule has 0 aromatic carbocycles. The average Bonchev–Trinajstić information content (AvgIpc) is 2.42. The monoisotopic (exact) mass is 356 g/mol. The van der Waals surface area contributed by atoms with Crippen molar-refractivity contribution in [1.29, 1.82) is 0 Å². The molecule has 4 nitrogen and oxygen atoms in total. The van der Waals surface area contributed by atoms with Crippen molar-refractivity contribution in [1.82, 2.24) is 19.6 Å². The van der Waals surface area contributed by atoms with Gasteiger partial charge in [0.15, 0.2) is 0 Å². The highest BCUT2D eigenvalue weighted by atomic mass is 15.3. The van der Waals surface area contributed by atoms with Crippen LogP contribution in [0.2, 0.25) is 0 Å². The van der Waals surface area contributed by atoms with Crippen molar-refractivity contribution in [2.45, 2.75) is 78.9 Å². The second-order valence-corrected chi connectivity index (χ2v) is 10.6. The van der Waals surface area contributed by atoms with Gasteiger partial charge >= 0.3 is 0 Å². The van der Waals surface area contributed by atoms with E-state index in [1.807, 2.05) is 0 Å². The maximum absolute atomic E-state index is 2.63. The quantitative estimate of drug-likeness (QED) is 0.627. The molecule has 0 heterocycles. The Morgan fingerprint density at radius 2 is 0.600 bits per heavy atom. The maximum Gasteiger partial charge on any atom is 0.0122 e. The summed E-state index contributed by atoms with van der Waals surface area (Å²) < 4.78 is 0. The van der Waals surface area contributed by atoms with E-state index in [1.54, 1.807) is 0 Å². The fourth-order valence-electron chi connectivity index (χ4n) is 2.22. The van der Waals surface area contributed by atoms with Crippen LogP contribution >= 0.6 is 0 Å². The molecule has 25 heavy (non-hydrogen) atoms. The summed E-state index contributed by atoms with van der Waals surface area (Å²) in [6.45, 7) is 27.3. The Morgan fingerprint density at radius 1 is 0.400 bits per heavy atom. The highest BCUT2D eigenvalue weighted by Crippen LogP contribution is 2.13. The second kappa shape index (κ2) is 9.68. The van der Waals surface area contributed by atoms with E-state index in [9.17, 15) is 0 Å². The molecule has 0 N–H and O–H groups in total. The van der Waals surface area contributed by atoms with E-state index in [4.69, 9.17) is 0 Å². The van der Waals surface area contributed by atoms with E-state index in [0.717, 1.165) is 39.3 Å². The lowest BCUT2D eigenvalue weighted by Gasteiger charge is -2.38. The summed E-state index contributed by atoms with van der Waals surface area (Å²) in [6, 6.07) is 0. The van der Waals surface area contributed by atoms with Gasteiger partial charge < -0.3 is 14.7 Å². The molecule has 0 aromatic heterocycles. The molecule has 4 heteroatoms. The Hall–Kier alpha value is -0.160. The molecule has 0 atom stereocenters. The molecule has 0 spiro atoms. The fraction of sp³-hybridized carbons (Fsp3) is 1.00. The lowest BCUT2D eigenvalue weighted by molar-refractivity contribution is 0.103. The zero-order chi connectivity index (χ0) is 20.1. The van der Waals surface area contributed by atoms with Crippen molar-refractivity contribution in [2.24, 2.45) is 0 Å². The molecule has 0 bridgehead atoms. The number of rotatable bonds is 9. The van der Waals surface area contributed by atoms with Crippen LogP contribution in [0.5, 0.6) is 0 Å². The average molecular weight is 357 g/mol. The molecular weight excluding hydrogens is 308 g/mol. The first-order valence-electron chi connectivity index (χ1n) is 9.91. The van der Waals surface area contributed by atoms with Crippen LogP contribution < -0.4 is 0 Å².